The van der Waals surface area contributed by atoms with Gasteiger partial charge in [0.25, 0.3) is 0 Å². The van der Waals surface area contributed by atoms with Gasteiger partial charge in [0.2, 0.25) is 0 Å². The summed E-state index contributed by atoms with van der Waals surface area (Å²) >= 11 is 0. The van der Waals surface area contributed by atoms with Crippen molar-refractivity contribution in [3.05, 3.63) is 0 Å². The molecule has 1 heterocycles. The van der Waals surface area contributed by atoms with E-state index in [1.54, 1.807) is 4.90 Å². The minimum atomic E-state index is -0.892. The summed E-state index contributed by atoms with van der Waals surface area (Å²) < 4.78 is 5.37. The van der Waals surface area contributed by atoms with E-state index in [1.165, 1.54) is 0 Å². The molecular formula is C17H31NO4. The fraction of sp³-hybridized carbons (Fsp3) is 0.941. The number of ether oxygens (including phenoxy) is 1. The van der Waals surface area contributed by atoms with E-state index in [9.17, 15) is 15.0 Å². The van der Waals surface area contributed by atoms with E-state index < -0.39 is 16.6 Å². The van der Waals surface area contributed by atoms with Crippen molar-refractivity contribution >= 4 is 6.09 Å². The highest BCUT2D eigenvalue weighted by Gasteiger charge is 2.60. The van der Waals surface area contributed by atoms with Crippen LogP contribution in [0.4, 0.5) is 4.79 Å². The van der Waals surface area contributed by atoms with Gasteiger partial charge in [-0.15, -0.1) is 0 Å². The molecule has 0 spiro atoms. The topological polar surface area (TPSA) is 70.0 Å². The van der Waals surface area contributed by atoms with Crippen LogP contribution in [0, 0.1) is 17.3 Å². The summed E-state index contributed by atoms with van der Waals surface area (Å²) in [4.78, 5) is 13.7. The number of aliphatic hydroxyl groups is 2. The molecule has 1 aliphatic carbocycles. The highest BCUT2D eigenvalue weighted by molar-refractivity contribution is 5.69. The van der Waals surface area contributed by atoms with Crippen molar-refractivity contribution in [1.82, 2.24) is 4.90 Å². The Labute approximate surface area is 133 Å². The van der Waals surface area contributed by atoms with E-state index in [-0.39, 0.29) is 12.7 Å². The summed E-state index contributed by atoms with van der Waals surface area (Å²) in [5.41, 5.74) is -2.02. The first-order chi connectivity index (χ1) is 10.0. The molecule has 0 aromatic heterocycles. The van der Waals surface area contributed by atoms with Crippen molar-refractivity contribution in [3.8, 4) is 0 Å². The van der Waals surface area contributed by atoms with Crippen LogP contribution in [0.3, 0.4) is 0 Å². The smallest absolute Gasteiger partial charge is 0.410 e. The maximum absolute atomic E-state index is 12.1. The molecule has 0 aromatic carbocycles. The predicted octanol–water partition coefficient (Wildman–Crippen LogP) is 2.40. The third-order valence-electron chi connectivity index (χ3n) is 5.11. The van der Waals surface area contributed by atoms with Crippen LogP contribution in [0.2, 0.25) is 0 Å². The molecule has 0 aromatic rings. The number of carbonyl (C=O) groups excluding carboxylic acids is 1. The highest BCUT2D eigenvalue weighted by atomic mass is 16.6. The van der Waals surface area contributed by atoms with Gasteiger partial charge in [-0.25, -0.2) is 4.79 Å². The lowest BCUT2D eigenvalue weighted by molar-refractivity contribution is -0.202. The number of amides is 1. The van der Waals surface area contributed by atoms with E-state index in [2.05, 4.69) is 13.8 Å². The summed E-state index contributed by atoms with van der Waals surface area (Å²) in [6.07, 6.45) is 2.14. The average Bonchev–Trinajstić information content (AvgIpc) is 2.22. The fourth-order valence-corrected chi connectivity index (χ4v) is 4.20. The molecule has 2 atom stereocenters. The molecule has 1 amide bonds. The molecule has 2 fully saturated rings. The molecule has 5 nitrogen and oxygen atoms in total. The lowest BCUT2D eigenvalue weighted by Crippen LogP contribution is -2.71. The molecule has 1 saturated carbocycles. The summed E-state index contributed by atoms with van der Waals surface area (Å²) in [6.45, 7) is 10.4. The number of carbonyl (C=O) groups is 1. The molecule has 128 valence electrons. The Bertz CT molecular complexity index is 413. The van der Waals surface area contributed by atoms with Gasteiger partial charge in [-0.3, -0.25) is 0 Å². The summed E-state index contributed by atoms with van der Waals surface area (Å²) in [6, 6.07) is 0. The number of likely N-dealkylation sites (tertiary alicyclic amines) is 1. The van der Waals surface area contributed by atoms with Gasteiger partial charge in [-0.1, -0.05) is 13.8 Å². The van der Waals surface area contributed by atoms with Crippen molar-refractivity contribution in [2.24, 2.45) is 17.3 Å². The van der Waals surface area contributed by atoms with Crippen LogP contribution >= 0.6 is 0 Å². The van der Waals surface area contributed by atoms with Crippen LogP contribution in [0.15, 0.2) is 0 Å². The monoisotopic (exact) mass is 313 g/mol. The molecule has 1 aliphatic heterocycles. The fourth-order valence-electron chi connectivity index (χ4n) is 4.20. The first kappa shape index (κ1) is 17.5. The number of nitrogens with zero attached hydrogens (tertiary/aromatic N) is 1. The van der Waals surface area contributed by atoms with Gasteiger partial charge in [-0.05, 0) is 51.9 Å². The van der Waals surface area contributed by atoms with E-state index in [0.29, 0.717) is 37.8 Å². The van der Waals surface area contributed by atoms with Crippen molar-refractivity contribution in [3.63, 3.8) is 0 Å². The van der Waals surface area contributed by atoms with Gasteiger partial charge in [0.05, 0.1) is 17.6 Å². The molecule has 2 unspecified atom stereocenters. The van der Waals surface area contributed by atoms with Gasteiger partial charge in [0.1, 0.15) is 5.60 Å². The highest BCUT2D eigenvalue weighted by Crippen LogP contribution is 2.50. The van der Waals surface area contributed by atoms with Crippen LogP contribution in [0.5, 0.6) is 0 Å². The Morgan fingerprint density at radius 2 is 1.73 bits per heavy atom. The molecule has 0 bridgehead atoms. The molecule has 5 heteroatoms. The molecule has 22 heavy (non-hydrogen) atoms. The molecule has 2 N–H and O–H groups in total. The minimum Gasteiger partial charge on any atom is -0.444 e. The molecule has 1 saturated heterocycles. The van der Waals surface area contributed by atoms with Crippen molar-refractivity contribution < 1.29 is 19.7 Å². The Kier molecular flexibility index (Phi) is 4.53. The van der Waals surface area contributed by atoms with Crippen LogP contribution in [0.1, 0.15) is 53.9 Å². The second-order valence-corrected chi connectivity index (χ2v) is 8.66. The van der Waals surface area contributed by atoms with E-state index in [1.807, 2.05) is 20.8 Å². The maximum Gasteiger partial charge on any atom is 0.410 e. The molecule has 2 rings (SSSR count). The van der Waals surface area contributed by atoms with Crippen LogP contribution in [-0.2, 0) is 4.74 Å². The first-order valence-corrected chi connectivity index (χ1v) is 8.31. The summed E-state index contributed by atoms with van der Waals surface area (Å²) in [5, 5.41) is 21.1. The Hall–Kier alpha value is -0.810. The lowest BCUT2D eigenvalue weighted by Gasteiger charge is -2.59. The summed E-state index contributed by atoms with van der Waals surface area (Å²) in [7, 11) is 0. The Morgan fingerprint density at radius 1 is 1.23 bits per heavy atom. The van der Waals surface area contributed by atoms with Crippen molar-refractivity contribution in [1.29, 1.82) is 0 Å². The largest absolute Gasteiger partial charge is 0.444 e. The Morgan fingerprint density at radius 3 is 2.14 bits per heavy atom. The zero-order valence-electron chi connectivity index (χ0n) is 14.6. The summed E-state index contributed by atoms with van der Waals surface area (Å²) in [5.74, 6) is 0.875. The average molecular weight is 313 g/mol. The number of hydrogen-bond donors (Lipinski definition) is 2. The number of aliphatic hydroxyl groups excluding tert-OH is 1. The van der Waals surface area contributed by atoms with Crippen LogP contribution < -0.4 is 0 Å². The Balaban J connectivity index is 2.06. The van der Waals surface area contributed by atoms with Gasteiger partial charge in [-0.2, -0.15) is 0 Å². The van der Waals surface area contributed by atoms with Gasteiger partial charge in [0.15, 0.2) is 0 Å². The zero-order chi connectivity index (χ0) is 16.8. The van der Waals surface area contributed by atoms with Gasteiger partial charge in [0, 0.05) is 13.1 Å². The third kappa shape index (κ3) is 3.25. The lowest BCUT2D eigenvalue weighted by atomic mass is 9.58. The van der Waals surface area contributed by atoms with E-state index in [4.69, 9.17) is 4.74 Å². The molecule has 2 aliphatic rings. The zero-order valence-corrected chi connectivity index (χ0v) is 14.6. The third-order valence-corrected chi connectivity index (χ3v) is 5.11. The number of rotatable bonds is 2. The molecular weight excluding hydrogens is 282 g/mol. The van der Waals surface area contributed by atoms with E-state index in [0.717, 1.165) is 6.42 Å². The van der Waals surface area contributed by atoms with Gasteiger partial charge < -0.3 is 19.8 Å². The maximum atomic E-state index is 12.1. The second kappa shape index (κ2) is 5.68. The van der Waals surface area contributed by atoms with Crippen molar-refractivity contribution in [2.45, 2.75) is 65.1 Å². The SMILES string of the molecule is CC1CC(C)CC(O)(C2(CO)CN(C(=O)OC(C)(C)C)C2)C1. The van der Waals surface area contributed by atoms with Crippen LogP contribution in [-0.4, -0.2) is 52.1 Å². The normalized spacial score (nSPS) is 35.0. The molecule has 0 radical (unpaired) electrons. The van der Waals surface area contributed by atoms with Gasteiger partial charge >= 0.3 is 6.09 Å². The van der Waals surface area contributed by atoms with Crippen molar-refractivity contribution in [2.75, 3.05) is 19.7 Å². The standard InChI is InChI=1S/C17H31NO4/c1-12-6-13(2)8-17(21,7-12)16(11-19)9-18(10-16)14(20)22-15(3,4)5/h12-13,19,21H,6-11H2,1-5H3. The number of hydrogen-bond acceptors (Lipinski definition) is 4. The van der Waals surface area contributed by atoms with Crippen LogP contribution in [0.25, 0.3) is 0 Å². The second-order valence-electron chi connectivity index (χ2n) is 8.66. The predicted molar refractivity (Wildman–Crippen MR) is 84.5 cm³/mol. The minimum absolute atomic E-state index is 0.0950. The first-order valence-electron chi connectivity index (χ1n) is 8.31. The quantitative estimate of drug-likeness (QED) is 0.821. The van der Waals surface area contributed by atoms with E-state index >= 15 is 0 Å².